The third kappa shape index (κ3) is 5.96. The molecule has 7 heteroatoms. The number of hydrogen-bond donors (Lipinski definition) is 2. The van der Waals surface area contributed by atoms with Gasteiger partial charge in [0, 0.05) is 20.7 Å². The normalized spacial score (nSPS) is 17.8. The second-order valence-electron chi connectivity index (χ2n) is 9.18. The molecule has 1 heterocycles. The standard InChI is InChI=1S/C28H30FNO3S2/c1-16-25(12-18-4-6-19(7-5-18)21-13-22(29)15-24(14-21)34-3)26(17(2)35-16)27(31)30-23-10-8-20(9-11-23)28(32)33/h4-7,13-15,20,23H,8-12H2,1-3H3,(H,30,31)(H,32,33). The maximum Gasteiger partial charge on any atom is 0.306 e. The number of aliphatic carboxylic acids is 1. The first kappa shape index (κ1) is 25.5. The van der Waals surface area contributed by atoms with Crippen LogP contribution in [-0.4, -0.2) is 29.3 Å². The van der Waals surface area contributed by atoms with Crippen molar-refractivity contribution in [3.8, 4) is 11.1 Å². The van der Waals surface area contributed by atoms with Gasteiger partial charge in [0.15, 0.2) is 0 Å². The molecule has 0 aliphatic heterocycles. The Balaban J connectivity index is 1.49. The summed E-state index contributed by atoms with van der Waals surface area (Å²) in [6.45, 7) is 4.03. The van der Waals surface area contributed by atoms with Gasteiger partial charge < -0.3 is 10.4 Å². The Morgan fingerprint density at radius 1 is 1.03 bits per heavy atom. The van der Waals surface area contributed by atoms with E-state index in [-0.39, 0.29) is 23.7 Å². The van der Waals surface area contributed by atoms with Crippen LogP contribution in [0.4, 0.5) is 4.39 Å². The molecule has 1 fully saturated rings. The van der Waals surface area contributed by atoms with E-state index >= 15 is 0 Å². The number of thioether (sulfide) groups is 1. The van der Waals surface area contributed by atoms with Crippen molar-refractivity contribution < 1.29 is 19.1 Å². The van der Waals surface area contributed by atoms with Crippen LogP contribution in [0.1, 0.15) is 56.9 Å². The zero-order chi connectivity index (χ0) is 25.1. The highest BCUT2D eigenvalue weighted by molar-refractivity contribution is 7.98. The smallest absolute Gasteiger partial charge is 0.306 e. The Hall–Kier alpha value is -2.64. The molecule has 2 N–H and O–H groups in total. The Morgan fingerprint density at radius 2 is 1.71 bits per heavy atom. The van der Waals surface area contributed by atoms with E-state index in [1.165, 1.54) is 17.8 Å². The molecule has 2 aromatic carbocycles. The predicted molar refractivity (Wildman–Crippen MR) is 141 cm³/mol. The van der Waals surface area contributed by atoms with E-state index in [1.807, 2.05) is 50.4 Å². The molecule has 0 spiro atoms. The molecule has 0 bridgehead atoms. The monoisotopic (exact) mass is 511 g/mol. The zero-order valence-electron chi connectivity index (χ0n) is 20.2. The van der Waals surface area contributed by atoms with Crippen LogP contribution in [0.2, 0.25) is 0 Å². The molecule has 0 unspecified atom stereocenters. The summed E-state index contributed by atoms with van der Waals surface area (Å²) in [7, 11) is 0. The highest BCUT2D eigenvalue weighted by Gasteiger charge is 2.28. The van der Waals surface area contributed by atoms with E-state index in [4.69, 9.17) is 0 Å². The van der Waals surface area contributed by atoms with E-state index < -0.39 is 5.97 Å². The van der Waals surface area contributed by atoms with Gasteiger partial charge in [-0.25, -0.2) is 4.39 Å². The minimum absolute atomic E-state index is 0.0160. The maximum atomic E-state index is 14.0. The molecule has 0 radical (unpaired) electrons. The predicted octanol–water partition coefficient (Wildman–Crippen LogP) is 6.86. The summed E-state index contributed by atoms with van der Waals surface area (Å²) < 4.78 is 14.0. The van der Waals surface area contributed by atoms with Crippen LogP contribution in [-0.2, 0) is 11.2 Å². The average Bonchev–Trinajstić information content (AvgIpc) is 3.11. The van der Waals surface area contributed by atoms with E-state index in [0.29, 0.717) is 32.1 Å². The third-order valence-electron chi connectivity index (χ3n) is 6.80. The van der Waals surface area contributed by atoms with Gasteiger partial charge in [0.1, 0.15) is 5.82 Å². The number of amides is 1. The number of nitrogens with one attached hydrogen (secondary N) is 1. The summed E-state index contributed by atoms with van der Waals surface area (Å²) in [5.74, 6) is -1.35. The fourth-order valence-corrected chi connectivity index (χ4v) is 6.40. The van der Waals surface area contributed by atoms with Crippen LogP contribution < -0.4 is 5.32 Å². The highest BCUT2D eigenvalue weighted by Crippen LogP contribution is 2.32. The van der Waals surface area contributed by atoms with Gasteiger partial charge in [-0.1, -0.05) is 24.3 Å². The van der Waals surface area contributed by atoms with E-state index in [9.17, 15) is 19.1 Å². The second kappa shape index (κ2) is 11.0. The molecule has 4 rings (SSSR count). The lowest BCUT2D eigenvalue weighted by Crippen LogP contribution is -2.39. The summed E-state index contributed by atoms with van der Waals surface area (Å²) in [6, 6.07) is 13.2. The summed E-state index contributed by atoms with van der Waals surface area (Å²) in [6.07, 6.45) is 5.17. The number of carbonyl (C=O) groups excluding carboxylic acids is 1. The van der Waals surface area contributed by atoms with Gasteiger partial charge in [-0.3, -0.25) is 9.59 Å². The van der Waals surface area contributed by atoms with Crippen molar-refractivity contribution in [2.45, 2.75) is 56.9 Å². The zero-order valence-corrected chi connectivity index (χ0v) is 21.8. The molecule has 1 aliphatic rings. The number of thiophene rings is 1. The first-order chi connectivity index (χ1) is 16.7. The van der Waals surface area contributed by atoms with E-state index in [0.717, 1.165) is 42.5 Å². The van der Waals surface area contributed by atoms with Gasteiger partial charge in [-0.05, 0) is 92.7 Å². The van der Waals surface area contributed by atoms with Crippen molar-refractivity contribution in [1.29, 1.82) is 0 Å². The lowest BCUT2D eigenvalue weighted by Gasteiger charge is -2.27. The topological polar surface area (TPSA) is 66.4 Å². The van der Waals surface area contributed by atoms with E-state index in [2.05, 4.69) is 5.32 Å². The molecular weight excluding hydrogens is 481 g/mol. The van der Waals surface area contributed by atoms with Gasteiger partial charge in [-0.15, -0.1) is 23.1 Å². The molecular formula is C28H30FNO3S2. The van der Waals surface area contributed by atoms with Crippen LogP contribution in [0.15, 0.2) is 47.4 Å². The van der Waals surface area contributed by atoms with E-state index in [1.54, 1.807) is 17.4 Å². The third-order valence-corrected chi connectivity index (χ3v) is 8.57. The van der Waals surface area contributed by atoms with Gasteiger partial charge in [0.25, 0.3) is 5.91 Å². The van der Waals surface area contributed by atoms with Crippen molar-refractivity contribution >= 4 is 35.0 Å². The fourth-order valence-electron chi connectivity index (χ4n) is 4.85. The largest absolute Gasteiger partial charge is 0.481 e. The number of aryl methyl sites for hydroxylation is 2. The fraction of sp³-hybridized carbons (Fsp3) is 0.357. The number of benzene rings is 2. The Bertz CT molecular complexity index is 1230. The molecule has 0 saturated heterocycles. The van der Waals surface area contributed by atoms with Gasteiger partial charge in [0.2, 0.25) is 0 Å². The van der Waals surface area contributed by atoms with Crippen molar-refractivity contribution in [2.24, 2.45) is 5.92 Å². The number of hydrogen-bond acceptors (Lipinski definition) is 4. The number of carboxylic acid groups (broad SMARTS) is 1. The highest BCUT2D eigenvalue weighted by atomic mass is 32.2. The number of halogens is 1. The van der Waals surface area contributed by atoms with Crippen molar-refractivity contribution in [3.05, 3.63) is 74.7 Å². The first-order valence-electron chi connectivity index (χ1n) is 11.8. The Labute approximate surface area is 214 Å². The summed E-state index contributed by atoms with van der Waals surface area (Å²) in [4.78, 5) is 27.5. The number of carbonyl (C=O) groups is 2. The number of rotatable bonds is 7. The van der Waals surface area contributed by atoms with Crippen molar-refractivity contribution in [1.82, 2.24) is 5.32 Å². The van der Waals surface area contributed by atoms with Crippen LogP contribution in [0, 0.1) is 25.6 Å². The molecule has 1 saturated carbocycles. The molecule has 184 valence electrons. The molecule has 35 heavy (non-hydrogen) atoms. The quantitative estimate of drug-likeness (QED) is 0.340. The van der Waals surface area contributed by atoms with Crippen LogP contribution >= 0.6 is 23.1 Å². The molecule has 1 aliphatic carbocycles. The molecule has 4 nitrogen and oxygen atoms in total. The Kier molecular flexibility index (Phi) is 7.97. The van der Waals surface area contributed by atoms with Gasteiger partial charge in [-0.2, -0.15) is 0 Å². The maximum absolute atomic E-state index is 14.0. The molecule has 3 aromatic rings. The van der Waals surface area contributed by atoms with Gasteiger partial charge in [0.05, 0.1) is 11.5 Å². The summed E-state index contributed by atoms with van der Waals surface area (Å²) in [5.41, 5.74) is 4.67. The average molecular weight is 512 g/mol. The van der Waals surface area contributed by atoms with Crippen LogP contribution in [0.3, 0.4) is 0 Å². The summed E-state index contributed by atoms with van der Waals surface area (Å²) in [5, 5.41) is 12.4. The molecule has 0 atom stereocenters. The Morgan fingerprint density at radius 3 is 2.34 bits per heavy atom. The van der Waals surface area contributed by atoms with Crippen molar-refractivity contribution in [2.75, 3.05) is 6.26 Å². The SMILES string of the molecule is CSc1cc(F)cc(-c2ccc(Cc3c(C)sc(C)c3C(=O)NC3CCC(C(=O)O)CC3)cc2)c1. The first-order valence-corrected chi connectivity index (χ1v) is 13.9. The minimum Gasteiger partial charge on any atom is -0.481 e. The summed E-state index contributed by atoms with van der Waals surface area (Å²) >= 11 is 3.15. The molecule has 1 amide bonds. The van der Waals surface area contributed by atoms with Crippen LogP contribution in [0.5, 0.6) is 0 Å². The lowest BCUT2D eigenvalue weighted by atomic mass is 9.86. The number of carboxylic acids is 1. The second-order valence-corrected chi connectivity index (χ2v) is 11.5. The lowest BCUT2D eigenvalue weighted by molar-refractivity contribution is -0.142. The molecule has 1 aromatic heterocycles. The van der Waals surface area contributed by atoms with Crippen molar-refractivity contribution in [3.63, 3.8) is 0 Å². The van der Waals surface area contributed by atoms with Crippen LogP contribution in [0.25, 0.3) is 11.1 Å². The van der Waals surface area contributed by atoms with Gasteiger partial charge >= 0.3 is 5.97 Å². The minimum atomic E-state index is -0.741.